The second-order valence-corrected chi connectivity index (χ2v) is 2.52. The van der Waals surface area contributed by atoms with E-state index < -0.39 is 11.9 Å². The normalized spacial score (nSPS) is 11.7. The molecule has 0 saturated carbocycles. The van der Waals surface area contributed by atoms with E-state index in [1.807, 2.05) is 0 Å². The average Bonchev–Trinajstić information content (AvgIpc) is 2.03. The third-order valence-corrected chi connectivity index (χ3v) is 1.66. The summed E-state index contributed by atoms with van der Waals surface area (Å²) in [5, 5.41) is 0. The number of thiol groups is 1. The van der Waals surface area contributed by atoms with E-state index in [2.05, 4.69) is 17.6 Å². The Balaban J connectivity index is 2.93. The summed E-state index contributed by atoms with van der Waals surface area (Å²) in [6.07, 6.45) is -3.18. The Morgan fingerprint density at radius 1 is 1.33 bits per heavy atom. The number of hydrogen-bond acceptors (Lipinski definition) is 2. The minimum Gasteiger partial charge on any atom is -0.251 e. The monoisotopic (exact) mass is 193 g/mol. The van der Waals surface area contributed by atoms with Crippen molar-refractivity contribution in [1.29, 1.82) is 0 Å². The van der Waals surface area contributed by atoms with Gasteiger partial charge in [-0.05, 0) is 11.6 Å². The van der Waals surface area contributed by atoms with Gasteiger partial charge in [0.1, 0.15) is 5.69 Å². The van der Waals surface area contributed by atoms with Crippen LogP contribution in [0.5, 0.6) is 0 Å². The summed E-state index contributed by atoms with van der Waals surface area (Å²) in [6, 6.07) is 2.31. The first-order valence-electron chi connectivity index (χ1n) is 3.17. The van der Waals surface area contributed by atoms with Gasteiger partial charge in [0.2, 0.25) is 0 Å². The van der Waals surface area contributed by atoms with Crippen molar-refractivity contribution in [2.24, 2.45) is 0 Å². The summed E-state index contributed by atoms with van der Waals surface area (Å²) in [7, 11) is 0. The zero-order valence-electron chi connectivity index (χ0n) is 5.97. The van der Waals surface area contributed by atoms with Crippen LogP contribution in [0.25, 0.3) is 0 Å². The van der Waals surface area contributed by atoms with E-state index in [-0.39, 0.29) is 0 Å². The van der Waals surface area contributed by atoms with Gasteiger partial charge in [-0.1, -0.05) is 6.07 Å². The minimum atomic E-state index is -4.35. The smallest absolute Gasteiger partial charge is 0.251 e. The zero-order valence-corrected chi connectivity index (χ0v) is 6.86. The molecule has 66 valence electrons. The fraction of sp³-hybridized carbons (Fsp3) is 0.286. The van der Waals surface area contributed by atoms with Gasteiger partial charge >= 0.3 is 6.18 Å². The molecule has 0 spiro atoms. The van der Waals surface area contributed by atoms with E-state index in [0.717, 1.165) is 6.07 Å². The van der Waals surface area contributed by atoms with Crippen LogP contribution in [0.15, 0.2) is 18.3 Å². The molecule has 0 aliphatic rings. The highest BCUT2D eigenvalue weighted by molar-refractivity contribution is 7.79. The van der Waals surface area contributed by atoms with Crippen LogP contribution in [0.4, 0.5) is 13.2 Å². The molecule has 0 unspecified atom stereocenters. The zero-order chi connectivity index (χ0) is 9.19. The first-order chi connectivity index (χ1) is 5.54. The van der Waals surface area contributed by atoms with Gasteiger partial charge in [0.15, 0.2) is 0 Å². The molecule has 1 rings (SSSR count). The molecule has 0 radical (unpaired) electrons. The van der Waals surface area contributed by atoms with Crippen molar-refractivity contribution >= 4 is 12.6 Å². The van der Waals surface area contributed by atoms with Gasteiger partial charge in [-0.25, -0.2) is 0 Å². The quantitative estimate of drug-likeness (QED) is 0.676. The largest absolute Gasteiger partial charge is 0.433 e. The lowest BCUT2D eigenvalue weighted by molar-refractivity contribution is -0.141. The first-order valence-corrected chi connectivity index (χ1v) is 3.80. The fourth-order valence-electron chi connectivity index (χ4n) is 0.686. The van der Waals surface area contributed by atoms with Gasteiger partial charge in [0.05, 0.1) is 0 Å². The third-order valence-electron chi connectivity index (χ3n) is 1.30. The third kappa shape index (κ3) is 2.14. The van der Waals surface area contributed by atoms with Crippen molar-refractivity contribution in [2.75, 3.05) is 0 Å². The highest BCUT2D eigenvalue weighted by atomic mass is 32.1. The molecule has 0 N–H and O–H groups in total. The molecule has 0 aliphatic carbocycles. The lowest BCUT2D eigenvalue weighted by atomic mass is 10.3. The van der Waals surface area contributed by atoms with E-state index in [4.69, 9.17) is 0 Å². The topological polar surface area (TPSA) is 12.9 Å². The molecule has 0 saturated heterocycles. The fourth-order valence-corrected chi connectivity index (χ4v) is 0.873. The summed E-state index contributed by atoms with van der Waals surface area (Å²) in [5.41, 5.74) is -0.195. The van der Waals surface area contributed by atoms with Crippen molar-refractivity contribution in [2.45, 2.75) is 11.9 Å². The summed E-state index contributed by atoms with van der Waals surface area (Å²) in [6.45, 7) is 0. The van der Waals surface area contributed by atoms with Crippen LogP contribution in [-0.2, 0) is 11.9 Å². The molecule has 1 aromatic heterocycles. The number of aromatic nitrogens is 1. The Kier molecular flexibility index (Phi) is 2.62. The van der Waals surface area contributed by atoms with E-state index in [1.54, 1.807) is 0 Å². The van der Waals surface area contributed by atoms with Crippen LogP contribution in [0, 0.1) is 0 Å². The van der Waals surface area contributed by atoms with Crippen LogP contribution < -0.4 is 0 Å². The Morgan fingerprint density at radius 2 is 2.00 bits per heavy atom. The number of rotatable bonds is 1. The maximum Gasteiger partial charge on any atom is 0.433 e. The maximum atomic E-state index is 11.9. The van der Waals surface area contributed by atoms with Crippen LogP contribution in [-0.4, -0.2) is 4.98 Å². The van der Waals surface area contributed by atoms with Gasteiger partial charge in [0, 0.05) is 11.9 Å². The first kappa shape index (κ1) is 9.38. The molecule has 1 aromatic rings. The average molecular weight is 193 g/mol. The van der Waals surface area contributed by atoms with Crippen molar-refractivity contribution in [3.63, 3.8) is 0 Å². The molecule has 0 atom stereocenters. The number of pyridine rings is 1. The molecule has 0 aliphatic heterocycles. The lowest BCUT2D eigenvalue weighted by Crippen LogP contribution is -2.07. The van der Waals surface area contributed by atoms with Crippen LogP contribution in [0.1, 0.15) is 11.3 Å². The predicted molar refractivity (Wildman–Crippen MR) is 41.9 cm³/mol. The molecular formula is C7H6F3NS. The Bertz CT molecular complexity index is 254. The Hall–Kier alpha value is -0.710. The van der Waals surface area contributed by atoms with Gasteiger partial charge in [-0.3, -0.25) is 4.98 Å². The van der Waals surface area contributed by atoms with Crippen LogP contribution in [0.3, 0.4) is 0 Å². The molecule has 12 heavy (non-hydrogen) atoms. The van der Waals surface area contributed by atoms with Crippen LogP contribution >= 0.6 is 12.6 Å². The molecule has 0 aromatic carbocycles. The molecule has 0 bridgehead atoms. The summed E-state index contributed by atoms with van der Waals surface area (Å²) in [5.74, 6) is 0.394. The number of halogens is 3. The molecule has 0 amide bonds. The SMILES string of the molecule is FC(F)(F)c1ccc(CS)cn1. The summed E-state index contributed by atoms with van der Waals surface area (Å²) < 4.78 is 35.8. The van der Waals surface area contributed by atoms with Gasteiger partial charge in [-0.2, -0.15) is 25.8 Å². The molecule has 0 fully saturated rings. The predicted octanol–water partition coefficient (Wildman–Crippen LogP) is 2.53. The number of hydrogen-bond donors (Lipinski definition) is 1. The van der Waals surface area contributed by atoms with Crippen molar-refractivity contribution < 1.29 is 13.2 Å². The van der Waals surface area contributed by atoms with E-state index in [9.17, 15) is 13.2 Å². The lowest BCUT2D eigenvalue weighted by Gasteiger charge is -2.04. The summed E-state index contributed by atoms with van der Waals surface area (Å²) in [4.78, 5) is 3.25. The molecule has 1 nitrogen and oxygen atoms in total. The maximum absolute atomic E-state index is 11.9. The van der Waals surface area contributed by atoms with Gasteiger partial charge in [0.25, 0.3) is 0 Å². The molecule has 1 heterocycles. The second kappa shape index (κ2) is 3.35. The van der Waals surface area contributed by atoms with E-state index in [1.165, 1.54) is 12.3 Å². The van der Waals surface area contributed by atoms with E-state index >= 15 is 0 Å². The van der Waals surface area contributed by atoms with Crippen molar-refractivity contribution in [3.8, 4) is 0 Å². The number of nitrogens with zero attached hydrogens (tertiary/aromatic N) is 1. The Labute approximate surface area is 73.0 Å². The highest BCUT2D eigenvalue weighted by Gasteiger charge is 2.31. The highest BCUT2D eigenvalue weighted by Crippen LogP contribution is 2.27. The van der Waals surface area contributed by atoms with Crippen molar-refractivity contribution in [1.82, 2.24) is 4.98 Å². The van der Waals surface area contributed by atoms with Gasteiger partial charge < -0.3 is 0 Å². The minimum absolute atomic E-state index is 0.394. The standard InChI is InChI=1S/C7H6F3NS/c8-7(9,10)6-2-1-5(4-12)3-11-6/h1-3,12H,4H2. The summed E-state index contributed by atoms with van der Waals surface area (Å²) >= 11 is 3.90. The van der Waals surface area contributed by atoms with Crippen LogP contribution in [0.2, 0.25) is 0 Å². The van der Waals surface area contributed by atoms with E-state index in [0.29, 0.717) is 11.3 Å². The molecular weight excluding hydrogens is 187 g/mol. The van der Waals surface area contributed by atoms with Gasteiger partial charge in [-0.15, -0.1) is 0 Å². The second-order valence-electron chi connectivity index (χ2n) is 2.21. The number of alkyl halides is 3. The molecule has 5 heteroatoms. The Morgan fingerprint density at radius 3 is 2.33 bits per heavy atom. The van der Waals surface area contributed by atoms with Crippen molar-refractivity contribution in [3.05, 3.63) is 29.6 Å².